The molecule has 0 saturated carbocycles. The normalized spacial score (nSPS) is 22.7. The van der Waals surface area contributed by atoms with Gasteiger partial charge in [0.25, 0.3) is 5.91 Å². The number of carbonyl (C=O) groups excluding carboxylic acids is 2. The number of nitrogens with zero attached hydrogens (tertiary/aromatic N) is 4. The molecule has 1 spiro atoms. The van der Waals surface area contributed by atoms with Crippen molar-refractivity contribution in [3.8, 4) is 0 Å². The number of likely N-dealkylation sites (tertiary alicyclic amines) is 2. The van der Waals surface area contributed by atoms with Crippen LogP contribution in [0.15, 0.2) is 29.0 Å². The molecule has 7 nitrogen and oxygen atoms in total. The second kappa shape index (κ2) is 6.79. The van der Waals surface area contributed by atoms with Gasteiger partial charge in [-0.3, -0.25) is 14.6 Å². The zero-order chi connectivity index (χ0) is 19.0. The average molecular weight is 368 g/mol. The van der Waals surface area contributed by atoms with Gasteiger partial charge in [-0.2, -0.15) is 0 Å². The quantitative estimate of drug-likeness (QED) is 0.831. The lowest BCUT2D eigenvalue weighted by atomic mass is 9.78. The molecule has 2 aromatic heterocycles. The Balaban J connectivity index is 1.49. The molecule has 2 saturated heterocycles. The Morgan fingerprint density at radius 2 is 2.11 bits per heavy atom. The summed E-state index contributed by atoms with van der Waals surface area (Å²) >= 11 is 0. The lowest BCUT2D eigenvalue weighted by Gasteiger charge is -2.39. The summed E-state index contributed by atoms with van der Waals surface area (Å²) in [4.78, 5) is 34.2. The minimum atomic E-state index is -0.469. The van der Waals surface area contributed by atoms with Gasteiger partial charge < -0.3 is 14.3 Å². The van der Waals surface area contributed by atoms with Crippen molar-refractivity contribution in [2.45, 2.75) is 39.7 Å². The van der Waals surface area contributed by atoms with Crippen LogP contribution in [0.1, 0.15) is 46.7 Å². The lowest BCUT2D eigenvalue weighted by molar-refractivity contribution is -0.138. The summed E-state index contributed by atoms with van der Waals surface area (Å²) in [6.45, 7) is 6.08. The highest BCUT2D eigenvalue weighted by molar-refractivity contribution is 5.95. The summed E-state index contributed by atoms with van der Waals surface area (Å²) in [5, 5.41) is 3.80. The minimum absolute atomic E-state index is 0.0978. The third kappa shape index (κ3) is 3.22. The Morgan fingerprint density at radius 1 is 1.26 bits per heavy atom. The monoisotopic (exact) mass is 368 g/mol. The number of piperidine rings is 1. The van der Waals surface area contributed by atoms with Gasteiger partial charge in [-0.1, -0.05) is 11.2 Å². The zero-order valence-corrected chi connectivity index (χ0v) is 15.8. The van der Waals surface area contributed by atoms with E-state index in [4.69, 9.17) is 4.52 Å². The molecule has 2 aromatic rings. The SMILES string of the molecule is Cc1cccc(CN2CC[C@]3(CCCN(C(=O)c4conc4C)C3)C2=O)n1. The predicted octanol–water partition coefficient (Wildman–Crippen LogP) is 2.34. The maximum atomic E-state index is 13.2. The fraction of sp³-hybridized carbons (Fsp3) is 0.500. The number of aryl methyl sites for hydroxylation is 2. The van der Waals surface area contributed by atoms with Crippen LogP contribution in [0.4, 0.5) is 0 Å². The molecule has 0 aliphatic carbocycles. The molecule has 0 aromatic carbocycles. The van der Waals surface area contributed by atoms with E-state index in [0.717, 1.165) is 30.7 Å². The van der Waals surface area contributed by atoms with Gasteiger partial charge in [0.05, 0.1) is 23.3 Å². The van der Waals surface area contributed by atoms with Crippen molar-refractivity contribution in [1.82, 2.24) is 19.9 Å². The molecule has 2 aliphatic heterocycles. The summed E-state index contributed by atoms with van der Waals surface area (Å²) in [5.74, 6) is 0.0461. The molecule has 2 fully saturated rings. The van der Waals surface area contributed by atoms with E-state index in [2.05, 4.69) is 10.1 Å². The number of amides is 2. The molecule has 1 atom stereocenters. The van der Waals surface area contributed by atoms with E-state index in [9.17, 15) is 9.59 Å². The molecule has 4 rings (SSSR count). The van der Waals surface area contributed by atoms with Crippen LogP contribution in [0.2, 0.25) is 0 Å². The molecule has 0 radical (unpaired) electrons. The summed E-state index contributed by atoms with van der Waals surface area (Å²) < 4.78 is 4.91. The molecule has 0 unspecified atom stereocenters. The Hall–Kier alpha value is -2.70. The van der Waals surface area contributed by atoms with Crippen molar-refractivity contribution in [3.05, 3.63) is 47.1 Å². The van der Waals surface area contributed by atoms with E-state index in [0.29, 0.717) is 37.4 Å². The van der Waals surface area contributed by atoms with Gasteiger partial charge in [0.15, 0.2) is 0 Å². The van der Waals surface area contributed by atoms with Crippen molar-refractivity contribution in [2.75, 3.05) is 19.6 Å². The van der Waals surface area contributed by atoms with Crippen LogP contribution < -0.4 is 0 Å². The third-order valence-corrected chi connectivity index (χ3v) is 5.74. The van der Waals surface area contributed by atoms with Gasteiger partial charge in [-0.05, 0) is 45.2 Å². The predicted molar refractivity (Wildman–Crippen MR) is 97.8 cm³/mol. The highest BCUT2D eigenvalue weighted by Gasteiger charge is 2.49. The van der Waals surface area contributed by atoms with Crippen molar-refractivity contribution < 1.29 is 14.1 Å². The first-order valence-electron chi connectivity index (χ1n) is 9.41. The Labute approximate surface area is 158 Å². The minimum Gasteiger partial charge on any atom is -0.364 e. The van der Waals surface area contributed by atoms with Crippen LogP contribution in [0, 0.1) is 19.3 Å². The van der Waals surface area contributed by atoms with Gasteiger partial charge in [0.1, 0.15) is 11.8 Å². The molecular weight excluding hydrogens is 344 g/mol. The Kier molecular flexibility index (Phi) is 4.45. The van der Waals surface area contributed by atoms with E-state index in [1.807, 2.05) is 30.0 Å². The molecule has 4 heterocycles. The number of aromatic nitrogens is 2. The van der Waals surface area contributed by atoms with Gasteiger partial charge in [-0.15, -0.1) is 0 Å². The van der Waals surface area contributed by atoms with Crippen molar-refractivity contribution in [2.24, 2.45) is 5.41 Å². The topological polar surface area (TPSA) is 79.5 Å². The highest BCUT2D eigenvalue weighted by atomic mass is 16.5. The second-order valence-electron chi connectivity index (χ2n) is 7.67. The van der Waals surface area contributed by atoms with Crippen LogP contribution in [0.25, 0.3) is 0 Å². The van der Waals surface area contributed by atoms with Crippen molar-refractivity contribution in [3.63, 3.8) is 0 Å². The summed E-state index contributed by atoms with van der Waals surface area (Å²) in [6, 6.07) is 5.88. The molecule has 142 valence electrons. The van der Waals surface area contributed by atoms with Crippen LogP contribution in [-0.2, 0) is 11.3 Å². The molecule has 2 aliphatic rings. The maximum absolute atomic E-state index is 13.2. The average Bonchev–Trinajstić information content (AvgIpc) is 3.21. The molecule has 27 heavy (non-hydrogen) atoms. The summed E-state index contributed by atoms with van der Waals surface area (Å²) in [7, 11) is 0. The number of hydrogen-bond donors (Lipinski definition) is 0. The van der Waals surface area contributed by atoms with Gasteiger partial charge >= 0.3 is 0 Å². The van der Waals surface area contributed by atoms with Gasteiger partial charge in [0, 0.05) is 25.3 Å². The smallest absolute Gasteiger partial charge is 0.259 e. The second-order valence-corrected chi connectivity index (χ2v) is 7.67. The molecular formula is C20H24N4O3. The molecule has 2 amide bonds. The van der Waals surface area contributed by atoms with E-state index < -0.39 is 5.41 Å². The van der Waals surface area contributed by atoms with E-state index >= 15 is 0 Å². The molecule has 0 bridgehead atoms. The zero-order valence-electron chi connectivity index (χ0n) is 15.8. The first kappa shape index (κ1) is 17.7. The molecule has 7 heteroatoms. The largest absolute Gasteiger partial charge is 0.364 e. The number of hydrogen-bond acceptors (Lipinski definition) is 5. The van der Waals surface area contributed by atoms with Crippen LogP contribution >= 0.6 is 0 Å². The highest BCUT2D eigenvalue weighted by Crippen LogP contribution is 2.41. The van der Waals surface area contributed by atoms with Gasteiger partial charge in [0.2, 0.25) is 5.91 Å². The first-order valence-corrected chi connectivity index (χ1v) is 9.41. The molecule has 0 N–H and O–H groups in total. The summed E-state index contributed by atoms with van der Waals surface area (Å²) in [6.07, 6.45) is 3.84. The Morgan fingerprint density at radius 3 is 2.85 bits per heavy atom. The fourth-order valence-corrected chi connectivity index (χ4v) is 4.28. The van der Waals surface area contributed by atoms with Crippen LogP contribution in [0.3, 0.4) is 0 Å². The maximum Gasteiger partial charge on any atom is 0.259 e. The van der Waals surface area contributed by atoms with Crippen molar-refractivity contribution in [1.29, 1.82) is 0 Å². The van der Waals surface area contributed by atoms with E-state index in [1.165, 1.54) is 6.26 Å². The van der Waals surface area contributed by atoms with E-state index in [-0.39, 0.29) is 11.8 Å². The van der Waals surface area contributed by atoms with Crippen LogP contribution in [0.5, 0.6) is 0 Å². The number of rotatable bonds is 3. The standard InChI is InChI=1S/C20H24N4O3/c1-14-5-3-6-16(21-14)11-23-10-8-20(19(23)26)7-4-9-24(13-20)18(25)17-12-27-22-15(17)2/h3,5-6,12H,4,7-11,13H2,1-2H3/t20-/m0/s1. The van der Waals surface area contributed by atoms with E-state index in [1.54, 1.807) is 11.8 Å². The first-order chi connectivity index (χ1) is 13.0. The van der Waals surface area contributed by atoms with Crippen molar-refractivity contribution >= 4 is 11.8 Å². The lowest BCUT2D eigenvalue weighted by Crippen LogP contribution is -2.49. The van der Waals surface area contributed by atoms with Crippen LogP contribution in [-0.4, -0.2) is 51.4 Å². The number of pyridine rings is 1. The summed E-state index contributed by atoms with van der Waals surface area (Å²) in [5.41, 5.74) is 2.46. The number of carbonyl (C=O) groups is 2. The third-order valence-electron chi connectivity index (χ3n) is 5.74. The Bertz CT molecular complexity index is 878. The fourth-order valence-electron chi connectivity index (χ4n) is 4.28. The van der Waals surface area contributed by atoms with Gasteiger partial charge in [-0.25, -0.2) is 0 Å².